The van der Waals surface area contributed by atoms with E-state index < -0.39 is 0 Å². The lowest BCUT2D eigenvalue weighted by Crippen LogP contribution is -2.39. The maximum Gasteiger partial charge on any atom is 0.243 e. The second kappa shape index (κ2) is 9.36. The van der Waals surface area contributed by atoms with Crippen LogP contribution in [-0.4, -0.2) is 57.7 Å². The van der Waals surface area contributed by atoms with Crippen molar-refractivity contribution in [2.45, 2.75) is 13.5 Å². The van der Waals surface area contributed by atoms with Crippen molar-refractivity contribution in [1.29, 1.82) is 0 Å². The lowest BCUT2D eigenvalue weighted by atomic mass is 10.4. The molecular weight excluding hydrogens is 288 g/mol. The van der Waals surface area contributed by atoms with E-state index in [4.69, 9.17) is 4.74 Å². The van der Waals surface area contributed by atoms with E-state index >= 15 is 0 Å². The third kappa shape index (κ3) is 7.10. The van der Waals surface area contributed by atoms with Crippen molar-refractivity contribution in [3.8, 4) is 0 Å². The molecule has 0 aliphatic heterocycles. The van der Waals surface area contributed by atoms with Crippen LogP contribution in [0, 0.1) is 6.92 Å². The molecule has 0 saturated carbocycles. The number of nitrogens with one attached hydrogen (secondary N) is 2. The highest BCUT2D eigenvalue weighted by molar-refractivity contribution is 7.11. The zero-order chi connectivity index (χ0) is 15.7. The summed E-state index contributed by atoms with van der Waals surface area (Å²) in [6, 6.07) is 4.18. The van der Waals surface area contributed by atoms with E-state index in [1.54, 1.807) is 32.5 Å². The molecule has 0 aromatic carbocycles. The molecule has 118 valence electrons. The molecule has 0 aliphatic rings. The van der Waals surface area contributed by atoms with Gasteiger partial charge in [0.25, 0.3) is 0 Å². The number of hydrogen-bond acceptors (Lipinski definition) is 4. The Labute approximate surface area is 130 Å². The van der Waals surface area contributed by atoms with Crippen molar-refractivity contribution < 1.29 is 9.53 Å². The largest absolute Gasteiger partial charge is 0.383 e. The van der Waals surface area contributed by atoms with Crippen molar-refractivity contribution in [2.24, 2.45) is 4.99 Å². The molecule has 0 spiro atoms. The number of ether oxygens (including phenoxy) is 1. The Bertz CT molecular complexity index is 471. The fourth-order valence-electron chi connectivity index (χ4n) is 1.48. The zero-order valence-electron chi connectivity index (χ0n) is 13.1. The fourth-order valence-corrected chi connectivity index (χ4v) is 2.31. The quantitative estimate of drug-likeness (QED) is 0.444. The molecule has 0 aliphatic carbocycles. The average molecular weight is 312 g/mol. The minimum atomic E-state index is -0.0326. The summed E-state index contributed by atoms with van der Waals surface area (Å²) in [5.74, 6) is 0.586. The van der Waals surface area contributed by atoms with Crippen LogP contribution in [0.25, 0.3) is 0 Å². The summed E-state index contributed by atoms with van der Waals surface area (Å²) in [7, 11) is 5.09. The van der Waals surface area contributed by atoms with Crippen LogP contribution in [0.2, 0.25) is 0 Å². The average Bonchev–Trinajstić information content (AvgIpc) is 2.86. The van der Waals surface area contributed by atoms with Crippen LogP contribution < -0.4 is 10.6 Å². The monoisotopic (exact) mass is 312 g/mol. The maximum atomic E-state index is 11.6. The second-order valence-electron chi connectivity index (χ2n) is 4.74. The van der Waals surface area contributed by atoms with Gasteiger partial charge in [0.15, 0.2) is 5.96 Å². The number of hydrogen-bond donors (Lipinski definition) is 2. The molecule has 1 rings (SSSR count). The summed E-state index contributed by atoms with van der Waals surface area (Å²) in [6.45, 7) is 4.12. The van der Waals surface area contributed by atoms with E-state index in [9.17, 15) is 4.79 Å². The molecule has 0 fully saturated rings. The third-order valence-electron chi connectivity index (χ3n) is 2.70. The fraction of sp³-hybridized carbons (Fsp3) is 0.571. The highest BCUT2D eigenvalue weighted by Gasteiger charge is 2.05. The number of rotatable bonds is 7. The van der Waals surface area contributed by atoms with Crippen molar-refractivity contribution >= 4 is 23.2 Å². The molecule has 2 N–H and O–H groups in total. The third-order valence-corrected chi connectivity index (χ3v) is 3.70. The zero-order valence-corrected chi connectivity index (χ0v) is 13.9. The van der Waals surface area contributed by atoms with E-state index in [2.05, 4.69) is 34.7 Å². The van der Waals surface area contributed by atoms with Crippen LogP contribution in [0.5, 0.6) is 0 Å². The number of thiophene rings is 1. The summed E-state index contributed by atoms with van der Waals surface area (Å²) in [6.07, 6.45) is 0. The van der Waals surface area contributed by atoms with Crippen LogP contribution in [0.4, 0.5) is 0 Å². The summed E-state index contributed by atoms with van der Waals surface area (Å²) in [5.41, 5.74) is 0. The van der Waals surface area contributed by atoms with Crippen LogP contribution in [0.1, 0.15) is 9.75 Å². The molecular formula is C14H24N4O2S. The molecule has 0 bridgehead atoms. The SMILES string of the molecule is COCCNC(=NCC(=O)N(C)C)NCc1ccc(C)s1. The number of aliphatic imine (C=N–C) groups is 1. The molecule has 0 radical (unpaired) electrons. The van der Waals surface area contributed by atoms with E-state index in [0.29, 0.717) is 25.7 Å². The standard InChI is InChI=1S/C14H24N4O2S/c1-11-5-6-12(21-11)9-16-14(15-7-8-20-4)17-10-13(19)18(2)3/h5-6H,7-10H2,1-4H3,(H2,15,16,17). The smallest absolute Gasteiger partial charge is 0.243 e. The highest BCUT2D eigenvalue weighted by atomic mass is 32.1. The first-order chi connectivity index (χ1) is 10.0. The normalized spacial score (nSPS) is 11.3. The van der Waals surface area contributed by atoms with Crippen LogP contribution in [-0.2, 0) is 16.1 Å². The number of aryl methyl sites for hydroxylation is 1. The van der Waals surface area contributed by atoms with Gasteiger partial charge in [-0.3, -0.25) is 4.79 Å². The first kappa shape index (κ1) is 17.5. The number of amides is 1. The molecule has 7 heteroatoms. The molecule has 0 unspecified atom stereocenters. The van der Waals surface area contributed by atoms with E-state index in [1.165, 1.54) is 14.7 Å². The van der Waals surface area contributed by atoms with E-state index in [0.717, 1.165) is 0 Å². The van der Waals surface area contributed by atoms with Gasteiger partial charge in [-0.2, -0.15) is 0 Å². The van der Waals surface area contributed by atoms with Gasteiger partial charge >= 0.3 is 0 Å². The van der Waals surface area contributed by atoms with Crippen molar-refractivity contribution in [2.75, 3.05) is 40.9 Å². The van der Waals surface area contributed by atoms with Gasteiger partial charge in [0.05, 0.1) is 13.2 Å². The predicted molar refractivity (Wildman–Crippen MR) is 86.8 cm³/mol. The van der Waals surface area contributed by atoms with E-state index in [-0.39, 0.29) is 12.5 Å². The van der Waals surface area contributed by atoms with Gasteiger partial charge < -0.3 is 20.3 Å². The highest BCUT2D eigenvalue weighted by Crippen LogP contribution is 2.14. The van der Waals surface area contributed by atoms with Crippen molar-refractivity contribution in [3.05, 3.63) is 21.9 Å². The summed E-state index contributed by atoms with van der Waals surface area (Å²) in [4.78, 5) is 19.9. The summed E-state index contributed by atoms with van der Waals surface area (Å²) >= 11 is 1.74. The molecule has 0 saturated heterocycles. The van der Waals surface area contributed by atoms with Gasteiger partial charge in [-0.15, -0.1) is 11.3 Å². The Balaban J connectivity index is 2.54. The number of nitrogens with zero attached hydrogens (tertiary/aromatic N) is 2. The number of carbonyl (C=O) groups is 1. The Morgan fingerprint density at radius 2 is 2.14 bits per heavy atom. The van der Waals surface area contributed by atoms with Crippen LogP contribution >= 0.6 is 11.3 Å². The van der Waals surface area contributed by atoms with Gasteiger partial charge in [0, 0.05) is 37.5 Å². The molecule has 1 amide bonds. The minimum Gasteiger partial charge on any atom is -0.383 e. The number of carbonyl (C=O) groups excluding carboxylic acids is 1. The van der Waals surface area contributed by atoms with E-state index in [1.807, 2.05) is 0 Å². The van der Waals surface area contributed by atoms with Crippen molar-refractivity contribution in [3.63, 3.8) is 0 Å². The van der Waals surface area contributed by atoms with Crippen LogP contribution in [0.15, 0.2) is 17.1 Å². The Kier molecular flexibility index (Phi) is 7.78. The lowest BCUT2D eigenvalue weighted by Gasteiger charge is -2.13. The van der Waals surface area contributed by atoms with Gasteiger partial charge in [-0.1, -0.05) is 0 Å². The number of methoxy groups -OCH3 is 1. The Morgan fingerprint density at radius 1 is 1.38 bits per heavy atom. The molecule has 6 nitrogen and oxygen atoms in total. The molecule has 21 heavy (non-hydrogen) atoms. The first-order valence-electron chi connectivity index (χ1n) is 6.79. The minimum absolute atomic E-state index is 0.0326. The second-order valence-corrected chi connectivity index (χ2v) is 6.11. The molecule has 1 heterocycles. The van der Waals surface area contributed by atoms with Gasteiger partial charge in [-0.25, -0.2) is 4.99 Å². The predicted octanol–water partition coefficient (Wildman–Crippen LogP) is 0.826. The lowest BCUT2D eigenvalue weighted by molar-refractivity contribution is -0.127. The van der Waals surface area contributed by atoms with Gasteiger partial charge in [-0.05, 0) is 19.1 Å². The Morgan fingerprint density at radius 3 is 2.71 bits per heavy atom. The molecule has 0 atom stereocenters. The first-order valence-corrected chi connectivity index (χ1v) is 7.61. The summed E-state index contributed by atoms with van der Waals surface area (Å²) in [5, 5.41) is 6.37. The number of guanidine groups is 1. The van der Waals surface area contributed by atoms with Gasteiger partial charge in [0.1, 0.15) is 6.54 Å². The number of likely N-dealkylation sites (N-methyl/N-ethyl adjacent to an activating group) is 1. The van der Waals surface area contributed by atoms with Crippen molar-refractivity contribution in [1.82, 2.24) is 15.5 Å². The molecule has 1 aromatic heterocycles. The Hall–Kier alpha value is -1.60. The van der Waals surface area contributed by atoms with Crippen LogP contribution in [0.3, 0.4) is 0 Å². The maximum absolute atomic E-state index is 11.6. The summed E-state index contributed by atoms with van der Waals surface area (Å²) < 4.78 is 5.00. The molecule has 1 aromatic rings. The van der Waals surface area contributed by atoms with Gasteiger partial charge in [0.2, 0.25) is 5.91 Å². The topological polar surface area (TPSA) is 66.0 Å².